The highest BCUT2D eigenvalue weighted by Crippen LogP contribution is 2.59. The van der Waals surface area contributed by atoms with Crippen molar-refractivity contribution in [3.05, 3.63) is 144 Å². The molecular weight excluding hydrogens is 747 g/mol. The van der Waals surface area contributed by atoms with Crippen molar-refractivity contribution in [3.8, 4) is 0 Å². The van der Waals surface area contributed by atoms with Gasteiger partial charge in [-0.05, 0) is 36.1 Å². The third kappa shape index (κ3) is 7.30. The smallest absolute Gasteiger partial charge is 0.208 e. The Balaban J connectivity index is 1.30. The summed E-state index contributed by atoms with van der Waals surface area (Å²) in [4.78, 5) is 0. The van der Waals surface area contributed by atoms with Gasteiger partial charge in [0.05, 0.1) is 50.7 Å². The van der Waals surface area contributed by atoms with E-state index in [9.17, 15) is 0 Å². The van der Waals surface area contributed by atoms with Crippen LogP contribution in [0, 0.1) is 0 Å². The lowest BCUT2D eigenvalue weighted by molar-refractivity contribution is -0.433. The molecule has 0 amide bonds. The van der Waals surface area contributed by atoms with Crippen molar-refractivity contribution in [1.29, 1.82) is 0 Å². The van der Waals surface area contributed by atoms with Crippen molar-refractivity contribution in [1.82, 2.24) is 0 Å². The maximum absolute atomic E-state index is 7.26. The van der Waals surface area contributed by atoms with E-state index >= 15 is 0 Å². The van der Waals surface area contributed by atoms with Crippen LogP contribution in [0.4, 0.5) is 0 Å². The maximum atomic E-state index is 7.26. The van der Waals surface area contributed by atoms with E-state index in [4.69, 9.17) is 37.9 Å². The van der Waals surface area contributed by atoms with Gasteiger partial charge in [0.15, 0.2) is 17.0 Å². The number of ether oxygens (including phenoxy) is 8. The first-order valence-electron chi connectivity index (χ1n) is 17.2. The molecule has 0 aliphatic carbocycles. The van der Waals surface area contributed by atoms with Gasteiger partial charge in [-0.3, -0.25) is 0 Å². The molecule has 1 spiro atoms. The predicted octanol–water partition coefficient (Wildman–Crippen LogP) is 7.41. The molecule has 0 N–H and O–H groups in total. The summed E-state index contributed by atoms with van der Waals surface area (Å²) in [6.45, 7) is 5.77. The van der Waals surface area contributed by atoms with Gasteiger partial charge in [-0.1, -0.05) is 144 Å². The van der Waals surface area contributed by atoms with Crippen LogP contribution in [0.15, 0.2) is 121 Å². The van der Waals surface area contributed by atoms with Crippen LogP contribution in [0.2, 0.25) is 0 Å². The molecule has 0 aromatic heterocycles. The fourth-order valence-electron chi connectivity index (χ4n) is 7.23. The molecule has 6 atom stereocenters. The zero-order chi connectivity index (χ0) is 34.5. The largest absolute Gasteiger partial charge is 0.374 e. The fraction of sp³-hybridized carbons (Fsp3) is 0.415. The Morgan fingerprint density at radius 1 is 0.660 bits per heavy atom. The minimum atomic E-state index is -1.24. The molecule has 0 radical (unpaired) electrons. The van der Waals surface area contributed by atoms with Crippen LogP contribution in [0.25, 0.3) is 0 Å². The molecule has 264 valence electrons. The summed E-state index contributed by atoms with van der Waals surface area (Å²) in [5.74, 6) is -2.09. The van der Waals surface area contributed by atoms with Crippen molar-refractivity contribution in [2.45, 2.75) is 81.4 Å². The van der Waals surface area contributed by atoms with Gasteiger partial charge in [0.1, 0.15) is 18.3 Å². The summed E-state index contributed by atoms with van der Waals surface area (Å²) in [6.07, 6.45) is -1.88. The molecule has 3 heterocycles. The minimum absolute atomic E-state index is 0.125. The van der Waals surface area contributed by atoms with Crippen LogP contribution >= 0.6 is 22.6 Å². The highest BCUT2D eigenvalue weighted by molar-refractivity contribution is 14.1. The van der Waals surface area contributed by atoms with Crippen LogP contribution < -0.4 is 0 Å². The Hall–Kier alpha value is -2.71. The summed E-state index contributed by atoms with van der Waals surface area (Å²) in [5, 5.41) is 0. The van der Waals surface area contributed by atoms with Gasteiger partial charge in [0.2, 0.25) is 5.79 Å². The molecule has 0 unspecified atom stereocenters. The first-order chi connectivity index (χ1) is 24.4. The Morgan fingerprint density at radius 3 is 1.74 bits per heavy atom. The number of hydrogen-bond donors (Lipinski definition) is 0. The summed E-state index contributed by atoms with van der Waals surface area (Å²) in [7, 11) is 0. The molecule has 0 saturated carbocycles. The monoisotopic (exact) mass is 792 g/mol. The first-order valence-corrected chi connectivity index (χ1v) is 18.7. The summed E-state index contributed by atoms with van der Waals surface area (Å²) >= 11 is 2.33. The van der Waals surface area contributed by atoms with Crippen LogP contribution in [0.5, 0.6) is 0 Å². The standard InChI is InChI=1S/C41H45IO8/c1-38(2)47-30-40-36(49-38)37(45-25-33-19-11-5-12-20-33)41(28-42,50-40)48-35(27-43-23-31-15-7-3-8-16-31)39(40,46-26-34-21-13-6-14-22-34)29-44-24-32-17-9-4-10-18-32/h3-22,35-37H,23-30H2,1-2H3/t35-,36+,37+,39-,40+,41-/m0/s1. The van der Waals surface area contributed by atoms with Gasteiger partial charge in [0, 0.05) is 0 Å². The number of benzene rings is 4. The van der Waals surface area contributed by atoms with Gasteiger partial charge in [-0.25, -0.2) is 0 Å². The second kappa shape index (κ2) is 15.5. The Kier molecular flexibility index (Phi) is 11.1. The molecule has 3 aliphatic rings. The van der Waals surface area contributed by atoms with Gasteiger partial charge in [-0.2, -0.15) is 0 Å². The molecule has 3 fully saturated rings. The second-order valence-electron chi connectivity index (χ2n) is 13.6. The van der Waals surface area contributed by atoms with Crippen molar-refractivity contribution in [2.75, 3.05) is 24.2 Å². The zero-order valence-corrected chi connectivity index (χ0v) is 30.7. The number of rotatable bonds is 15. The predicted molar refractivity (Wildman–Crippen MR) is 196 cm³/mol. The molecule has 3 aliphatic heterocycles. The summed E-state index contributed by atoms with van der Waals surface area (Å²) < 4.78 is 55.5. The van der Waals surface area contributed by atoms with Crippen molar-refractivity contribution in [3.63, 3.8) is 0 Å². The lowest BCUT2D eigenvalue weighted by Crippen LogP contribution is -2.77. The van der Waals surface area contributed by atoms with Crippen molar-refractivity contribution in [2.24, 2.45) is 0 Å². The van der Waals surface area contributed by atoms with E-state index in [0.29, 0.717) is 24.2 Å². The van der Waals surface area contributed by atoms with Gasteiger partial charge in [-0.15, -0.1) is 0 Å². The topological polar surface area (TPSA) is 73.8 Å². The third-order valence-corrected chi connectivity index (χ3v) is 10.8. The van der Waals surface area contributed by atoms with E-state index in [1.54, 1.807) is 0 Å². The normalized spacial score (nSPS) is 29.8. The van der Waals surface area contributed by atoms with Gasteiger partial charge >= 0.3 is 0 Å². The van der Waals surface area contributed by atoms with Gasteiger partial charge < -0.3 is 37.9 Å². The summed E-state index contributed by atoms with van der Waals surface area (Å²) in [6, 6.07) is 40.4. The van der Waals surface area contributed by atoms with E-state index in [0.717, 1.165) is 22.3 Å². The van der Waals surface area contributed by atoms with Crippen LogP contribution in [0.1, 0.15) is 36.1 Å². The van der Waals surface area contributed by atoms with Crippen LogP contribution in [-0.2, 0) is 64.3 Å². The van der Waals surface area contributed by atoms with E-state index < -0.39 is 41.1 Å². The van der Waals surface area contributed by atoms with E-state index in [1.807, 2.05) is 111 Å². The van der Waals surface area contributed by atoms with Crippen LogP contribution in [0.3, 0.4) is 0 Å². The van der Waals surface area contributed by atoms with Crippen LogP contribution in [-0.4, -0.2) is 65.3 Å². The van der Waals surface area contributed by atoms with E-state index in [2.05, 4.69) is 46.9 Å². The Morgan fingerprint density at radius 2 is 1.18 bits per heavy atom. The number of halogens is 1. The maximum Gasteiger partial charge on any atom is 0.208 e. The average molecular weight is 793 g/mol. The molecule has 3 saturated heterocycles. The molecule has 8 nitrogen and oxygen atoms in total. The average Bonchev–Trinajstić information content (AvgIpc) is 3.39. The highest BCUT2D eigenvalue weighted by atomic mass is 127. The molecule has 7 rings (SSSR count). The minimum Gasteiger partial charge on any atom is -0.374 e. The Bertz CT molecular complexity index is 1640. The second-order valence-corrected chi connectivity index (χ2v) is 14.4. The highest BCUT2D eigenvalue weighted by Gasteiger charge is 2.80. The first kappa shape index (κ1) is 35.7. The molecule has 4 aromatic rings. The Labute approximate surface area is 308 Å². The lowest BCUT2D eigenvalue weighted by Gasteiger charge is -2.58. The summed E-state index contributed by atoms with van der Waals surface area (Å²) in [5.41, 5.74) is 1.73. The fourth-order valence-corrected chi connectivity index (χ4v) is 8.00. The molecule has 50 heavy (non-hydrogen) atoms. The molecule has 2 bridgehead atoms. The zero-order valence-electron chi connectivity index (χ0n) is 28.6. The van der Waals surface area contributed by atoms with Gasteiger partial charge in [0.25, 0.3) is 0 Å². The van der Waals surface area contributed by atoms with Crippen molar-refractivity contribution < 1.29 is 37.9 Å². The molecule has 4 aromatic carbocycles. The quantitative estimate of drug-likeness (QED) is 0.0912. The number of alkyl halides is 1. The lowest BCUT2D eigenvalue weighted by atomic mass is 9.74. The molecular formula is C41H45IO8. The van der Waals surface area contributed by atoms with E-state index in [-0.39, 0.29) is 26.4 Å². The number of fused-ring (bicyclic) bond motifs is 1. The third-order valence-electron chi connectivity index (χ3n) is 9.75. The molecule has 9 heteroatoms. The van der Waals surface area contributed by atoms with E-state index in [1.165, 1.54) is 0 Å². The SMILES string of the molecule is CC1(C)OC[C@]23O[C@](CI)(O[C@@H](COCc4ccccc4)[C@]2(COCc2ccccc2)OCc2ccccc2)[C@H](OCc2ccccc2)[C@H]3O1. The van der Waals surface area contributed by atoms with Crippen molar-refractivity contribution >= 4 is 22.6 Å². The number of hydrogen-bond acceptors (Lipinski definition) is 8.